The Hall–Kier alpha value is -3.58. The number of aromatic nitrogens is 1. The average molecular weight is 550 g/mol. The number of carboxylic acids is 2. The van der Waals surface area contributed by atoms with E-state index in [0.29, 0.717) is 0 Å². The number of hydrogen-bond acceptors (Lipinski definition) is 7. The number of aliphatic carboxylic acids is 2. The molecule has 4 atom stereocenters. The lowest BCUT2D eigenvalue weighted by Gasteiger charge is -2.25. The van der Waals surface area contributed by atoms with E-state index in [1.807, 2.05) is 38.1 Å². The highest BCUT2D eigenvalue weighted by atomic mass is 32.1. The van der Waals surface area contributed by atoms with Crippen molar-refractivity contribution >= 4 is 53.2 Å². The quantitative estimate of drug-likeness (QED) is 0.146. The van der Waals surface area contributed by atoms with Crippen LogP contribution in [0.2, 0.25) is 0 Å². The Bertz CT molecular complexity index is 1150. The lowest BCUT2D eigenvalue weighted by atomic mass is 10.0. The van der Waals surface area contributed by atoms with Crippen LogP contribution in [0.4, 0.5) is 0 Å². The highest BCUT2D eigenvalue weighted by Gasteiger charge is 2.30. The topological polar surface area (TPSA) is 204 Å². The molecule has 0 spiro atoms. The monoisotopic (exact) mass is 549 g/mol. The molecule has 1 aromatic carbocycles. The van der Waals surface area contributed by atoms with E-state index in [9.17, 15) is 29.1 Å². The maximum Gasteiger partial charge on any atom is 0.326 e. The van der Waals surface area contributed by atoms with Crippen LogP contribution in [-0.2, 0) is 30.4 Å². The van der Waals surface area contributed by atoms with Gasteiger partial charge in [-0.1, -0.05) is 32.0 Å². The largest absolute Gasteiger partial charge is 0.481 e. The fraction of sp³-hybridized carbons (Fsp3) is 0.480. The highest BCUT2D eigenvalue weighted by Crippen LogP contribution is 2.19. The third-order valence-corrected chi connectivity index (χ3v) is 6.24. The Morgan fingerprint density at radius 1 is 0.947 bits per heavy atom. The van der Waals surface area contributed by atoms with Crippen molar-refractivity contribution in [1.29, 1.82) is 0 Å². The standard InChI is InChI=1S/C25H35N5O7S/c1-13(2)9-18(28-24(35)20(12-38)30-22(33)16(26)7-8-21(31)32)23(34)29-19(25(36)37)10-14-11-27-17-6-4-3-5-15(14)17/h3-6,11,13,16,18-20,27,38H,7-10,12,26H2,1-2H3,(H,28,35)(H,29,34)(H,30,33)(H,31,32)(H,36,37). The number of rotatable bonds is 15. The number of thiol groups is 1. The van der Waals surface area contributed by atoms with Gasteiger partial charge in [0.1, 0.15) is 18.1 Å². The molecule has 3 amide bonds. The molecule has 4 unspecified atom stereocenters. The van der Waals surface area contributed by atoms with Gasteiger partial charge >= 0.3 is 11.9 Å². The number of carbonyl (C=O) groups excluding carboxylic acids is 3. The normalized spacial score (nSPS) is 14.3. The molecule has 208 valence electrons. The fourth-order valence-corrected chi connectivity index (χ4v) is 4.11. The van der Waals surface area contributed by atoms with Gasteiger partial charge in [0.15, 0.2) is 0 Å². The first-order chi connectivity index (χ1) is 17.9. The van der Waals surface area contributed by atoms with Gasteiger partial charge in [-0.3, -0.25) is 19.2 Å². The van der Waals surface area contributed by atoms with Crippen LogP contribution in [0.1, 0.15) is 38.7 Å². The molecular formula is C25H35N5O7S. The number of aromatic amines is 1. The average Bonchev–Trinajstić information content (AvgIpc) is 3.27. The van der Waals surface area contributed by atoms with Crippen molar-refractivity contribution in [3.63, 3.8) is 0 Å². The molecule has 13 heteroatoms. The molecule has 2 aromatic rings. The molecule has 0 fully saturated rings. The molecule has 2 rings (SSSR count). The second kappa shape index (κ2) is 14.4. The summed E-state index contributed by atoms with van der Waals surface area (Å²) in [5.74, 6) is -4.59. The number of para-hydroxylation sites is 1. The van der Waals surface area contributed by atoms with Gasteiger partial charge in [0.25, 0.3) is 0 Å². The molecule has 12 nitrogen and oxygen atoms in total. The Morgan fingerprint density at radius 2 is 1.55 bits per heavy atom. The van der Waals surface area contributed by atoms with Crippen molar-refractivity contribution in [2.24, 2.45) is 11.7 Å². The lowest BCUT2D eigenvalue weighted by Crippen LogP contribution is -2.58. The number of carbonyl (C=O) groups is 5. The van der Waals surface area contributed by atoms with Gasteiger partial charge < -0.3 is 36.9 Å². The van der Waals surface area contributed by atoms with E-state index in [4.69, 9.17) is 10.8 Å². The molecule has 1 aromatic heterocycles. The lowest BCUT2D eigenvalue weighted by molar-refractivity contribution is -0.142. The maximum absolute atomic E-state index is 13.1. The highest BCUT2D eigenvalue weighted by molar-refractivity contribution is 7.80. The number of benzene rings is 1. The van der Waals surface area contributed by atoms with Crippen molar-refractivity contribution in [2.75, 3.05) is 5.75 Å². The predicted molar refractivity (Wildman–Crippen MR) is 144 cm³/mol. The summed E-state index contributed by atoms with van der Waals surface area (Å²) in [6, 6.07) is 2.77. The van der Waals surface area contributed by atoms with E-state index >= 15 is 0 Å². The molecule has 0 saturated carbocycles. The zero-order valence-electron chi connectivity index (χ0n) is 21.3. The number of fused-ring (bicyclic) bond motifs is 1. The molecule has 0 bridgehead atoms. The summed E-state index contributed by atoms with van der Waals surface area (Å²) >= 11 is 4.10. The molecular weight excluding hydrogens is 514 g/mol. The number of carboxylic acid groups (broad SMARTS) is 2. The minimum atomic E-state index is -1.25. The van der Waals surface area contributed by atoms with Crippen molar-refractivity contribution in [2.45, 2.75) is 63.7 Å². The Balaban J connectivity index is 2.10. The number of H-pyrrole nitrogens is 1. The van der Waals surface area contributed by atoms with Gasteiger partial charge in [0.2, 0.25) is 17.7 Å². The van der Waals surface area contributed by atoms with Gasteiger partial charge in [-0.2, -0.15) is 12.6 Å². The molecule has 8 N–H and O–H groups in total. The van der Waals surface area contributed by atoms with Crippen molar-refractivity contribution in [3.05, 3.63) is 36.0 Å². The van der Waals surface area contributed by atoms with E-state index in [1.54, 1.807) is 6.20 Å². The summed E-state index contributed by atoms with van der Waals surface area (Å²) in [6.45, 7) is 3.68. The molecule has 0 radical (unpaired) electrons. The zero-order valence-corrected chi connectivity index (χ0v) is 22.2. The van der Waals surface area contributed by atoms with Crippen LogP contribution in [0.5, 0.6) is 0 Å². The summed E-state index contributed by atoms with van der Waals surface area (Å²) < 4.78 is 0. The third-order valence-electron chi connectivity index (χ3n) is 5.88. The number of nitrogens with one attached hydrogen (secondary N) is 4. The van der Waals surface area contributed by atoms with E-state index in [0.717, 1.165) is 16.5 Å². The van der Waals surface area contributed by atoms with Crippen molar-refractivity contribution < 1.29 is 34.2 Å². The molecule has 1 heterocycles. The maximum atomic E-state index is 13.1. The smallest absolute Gasteiger partial charge is 0.326 e. The zero-order chi connectivity index (χ0) is 28.4. The second-order valence-electron chi connectivity index (χ2n) is 9.44. The van der Waals surface area contributed by atoms with Crippen LogP contribution < -0.4 is 21.7 Å². The van der Waals surface area contributed by atoms with Gasteiger partial charge in [-0.15, -0.1) is 0 Å². The number of nitrogens with two attached hydrogens (primary N) is 1. The summed E-state index contributed by atoms with van der Waals surface area (Å²) in [5, 5.41) is 26.9. The SMILES string of the molecule is CC(C)CC(NC(=O)C(CS)NC(=O)C(N)CCC(=O)O)C(=O)NC(Cc1c[nH]c2ccccc12)C(=O)O. The molecule has 0 aliphatic heterocycles. The van der Waals surface area contributed by atoms with Crippen LogP contribution in [0.3, 0.4) is 0 Å². The minimum Gasteiger partial charge on any atom is -0.481 e. The third kappa shape index (κ3) is 9.06. The first kappa shape index (κ1) is 30.6. The van der Waals surface area contributed by atoms with Crippen LogP contribution in [0, 0.1) is 5.92 Å². The number of hydrogen-bond donors (Lipinski definition) is 8. The first-order valence-electron chi connectivity index (χ1n) is 12.2. The summed E-state index contributed by atoms with van der Waals surface area (Å²) in [6.07, 6.45) is 1.50. The minimum absolute atomic E-state index is 0.0248. The molecule has 0 aliphatic rings. The van der Waals surface area contributed by atoms with Crippen LogP contribution in [0.25, 0.3) is 10.9 Å². The molecule has 0 aliphatic carbocycles. The van der Waals surface area contributed by atoms with E-state index in [1.165, 1.54) is 0 Å². The Morgan fingerprint density at radius 3 is 2.16 bits per heavy atom. The number of amides is 3. The summed E-state index contributed by atoms with van der Waals surface area (Å²) in [5.41, 5.74) is 7.26. The van der Waals surface area contributed by atoms with Crippen LogP contribution in [0.15, 0.2) is 30.5 Å². The molecule has 0 saturated heterocycles. The van der Waals surface area contributed by atoms with Crippen molar-refractivity contribution in [3.8, 4) is 0 Å². The molecule has 38 heavy (non-hydrogen) atoms. The van der Waals surface area contributed by atoms with Gasteiger partial charge in [0.05, 0.1) is 6.04 Å². The van der Waals surface area contributed by atoms with E-state index in [2.05, 4.69) is 33.6 Å². The first-order valence-corrected chi connectivity index (χ1v) is 12.8. The fourth-order valence-electron chi connectivity index (χ4n) is 3.85. The van der Waals surface area contributed by atoms with Crippen LogP contribution in [-0.4, -0.2) is 74.8 Å². The van der Waals surface area contributed by atoms with E-state index < -0.39 is 53.8 Å². The van der Waals surface area contributed by atoms with Gasteiger partial charge in [-0.05, 0) is 30.4 Å². The summed E-state index contributed by atoms with van der Waals surface area (Å²) in [7, 11) is 0. The Kier molecular flexibility index (Phi) is 11.6. The van der Waals surface area contributed by atoms with Gasteiger partial charge in [0, 0.05) is 35.7 Å². The predicted octanol–water partition coefficient (Wildman–Crippen LogP) is 0.417. The second-order valence-corrected chi connectivity index (χ2v) is 9.80. The summed E-state index contributed by atoms with van der Waals surface area (Å²) in [4.78, 5) is 64.1. The Labute approximate surface area is 225 Å². The van der Waals surface area contributed by atoms with E-state index in [-0.39, 0.29) is 37.4 Å². The van der Waals surface area contributed by atoms with Gasteiger partial charge in [-0.25, -0.2) is 4.79 Å². The van der Waals surface area contributed by atoms with Crippen molar-refractivity contribution in [1.82, 2.24) is 20.9 Å². The van der Waals surface area contributed by atoms with Crippen LogP contribution >= 0.6 is 12.6 Å².